The van der Waals surface area contributed by atoms with E-state index in [1.54, 1.807) is 0 Å². The van der Waals surface area contributed by atoms with Crippen molar-refractivity contribution in [3.63, 3.8) is 0 Å². The first kappa shape index (κ1) is 17.3. The van der Waals surface area contributed by atoms with E-state index in [9.17, 15) is 9.90 Å². The van der Waals surface area contributed by atoms with Gasteiger partial charge in [-0.1, -0.05) is 60.7 Å². The van der Waals surface area contributed by atoms with Crippen LogP contribution < -0.4 is 5.32 Å². The minimum absolute atomic E-state index is 0.140. The summed E-state index contributed by atoms with van der Waals surface area (Å²) < 4.78 is 0. The average Bonchev–Trinajstić information content (AvgIpc) is 3.33. The Morgan fingerprint density at radius 2 is 1.65 bits per heavy atom. The molecule has 0 spiro atoms. The fraction of sp³-hybridized carbons (Fsp3) is 0.409. The molecule has 2 aliphatic rings. The number of hydrogen-bond acceptors (Lipinski definition) is 3. The SMILES string of the molecule is O=C(C1CC(O)CN1)N1CCCC1C(c1ccccc1)c1ccccc1. The van der Waals surface area contributed by atoms with Gasteiger partial charge in [-0.3, -0.25) is 4.79 Å². The van der Waals surface area contributed by atoms with Gasteiger partial charge in [-0.2, -0.15) is 0 Å². The highest BCUT2D eigenvalue weighted by Gasteiger charge is 2.40. The molecule has 0 saturated carbocycles. The zero-order valence-corrected chi connectivity index (χ0v) is 14.9. The van der Waals surface area contributed by atoms with E-state index in [0.29, 0.717) is 13.0 Å². The number of likely N-dealkylation sites (tertiary alicyclic amines) is 1. The number of amides is 1. The second kappa shape index (κ2) is 7.60. The van der Waals surface area contributed by atoms with Crippen LogP contribution in [-0.4, -0.2) is 47.2 Å². The lowest BCUT2D eigenvalue weighted by Gasteiger charge is -2.34. The van der Waals surface area contributed by atoms with E-state index in [1.807, 2.05) is 12.1 Å². The first-order valence-electron chi connectivity index (χ1n) is 9.56. The third-order valence-electron chi connectivity index (χ3n) is 5.69. The molecule has 4 nitrogen and oxygen atoms in total. The number of hydrogen-bond donors (Lipinski definition) is 2. The molecule has 26 heavy (non-hydrogen) atoms. The molecule has 136 valence electrons. The second-order valence-corrected chi connectivity index (χ2v) is 7.39. The van der Waals surface area contributed by atoms with Gasteiger partial charge < -0.3 is 15.3 Å². The molecule has 4 rings (SSSR count). The Balaban J connectivity index is 1.65. The molecule has 0 radical (unpaired) electrons. The van der Waals surface area contributed by atoms with E-state index >= 15 is 0 Å². The van der Waals surface area contributed by atoms with Crippen LogP contribution in [0.3, 0.4) is 0 Å². The summed E-state index contributed by atoms with van der Waals surface area (Å²) in [5, 5.41) is 13.0. The molecular weight excluding hydrogens is 324 g/mol. The van der Waals surface area contributed by atoms with Crippen molar-refractivity contribution in [2.75, 3.05) is 13.1 Å². The second-order valence-electron chi connectivity index (χ2n) is 7.39. The molecule has 0 aromatic heterocycles. The molecule has 2 saturated heterocycles. The molecular formula is C22H26N2O2. The van der Waals surface area contributed by atoms with E-state index in [1.165, 1.54) is 11.1 Å². The van der Waals surface area contributed by atoms with Crippen molar-refractivity contribution in [1.82, 2.24) is 10.2 Å². The van der Waals surface area contributed by atoms with Crippen LogP contribution in [0.15, 0.2) is 60.7 Å². The van der Waals surface area contributed by atoms with Crippen molar-refractivity contribution in [2.24, 2.45) is 0 Å². The van der Waals surface area contributed by atoms with Crippen molar-refractivity contribution in [3.05, 3.63) is 71.8 Å². The number of rotatable bonds is 4. The maximum Gasteiger partial charge on any atom is 0.240 e. The van der Waals surface area contributed by atoms with E-state index < -0.39 is 6.10 Å². The summed E-state index contributed by atoms with van der Waals surface area (Å²) in [6, 6.07) is 20.9. The third-order valence-corrected chi connectivity index (χ3v) is 5.69. The Bertz CT molecular complexity index is 695. The van der Waals surface area contributed by atoms with Gasteiger partial charge in [-0.15, -0.1) is 0 Å². The van der Waals surface area contributed by atoms with Crippen LogP contribution >= 0.6 is 0 Å². The number of aliphatic hydroxyl groups is 1. The van der Waals surface area contributed by atoms with E-state index in [-0.39, 0.29) is 23.9 Å². The fourth-order valence-electron chi connectivity index (χ4n) is 4.48. The largest absolute Gasteiger partial charge is 0.392 e. The zero-order valence-electron chi connectivity index (χ0n) is 14.9. The standard InChI is InChI=1S/C22H26N2O2/c25-18-14-19(23-15-18)22(26)24-13-7-12-20(24)21(16-8-3-1-4-9-16)17-10-5-2-6-11-17/h1-6,8-11,18-21,23,25H,7,12-15H2. The Morgan fingerprint density at radius 3 is 2.19 bits per heavy atom. The smallest absolute Gasteiger partial charge is 0.240 e. The minimum Gasteiger partial charge on any atom is -0.392 e. The van der Waals surface area contributed by atoms with Gasteiger partial charge in [-0.05, 0) is 30.4 Å². The minimum atomic E-state index is -0.413. The highest BCUT2D eigenvalue weighted by molar-refractivity contribution is 5.83. The summed E-state index contributed by atoms with van der Waals surface area (Å²) in [7, 11) is 0. The van der Waals surface area contributed by atoms with Gasteiger partial charge in [0.25, 0.3) is 0 Å². The molecule has 0 bridgehead atoms. The number of carbonyl (C=O) groups excluding carboxylic acids is 1. The van der Waals surface area contributed by atoms with Crippen LogP contribution in [0.25, 0.3) is 0 Å². The number of β-amino-alcohol motifs (C(OH)–C–C–N with tert-alkyl or cyclic N) is 1. The maximum absolute atomic E-state index is 13.1. The molecule has 2 N–H and O–H groups in total. The van der Waals surface area contributed by atoms with Crippen molar-refractivity contribution < 1.29 is 9.90 Å². The third kappa shape index (κ3) is 3.39. The lowest BCUT2D eigenvalue weighted by atomic mass is 9.83. The summed E-state index contributed by atoms with van der Waals surface area (Å²) >= 11 is 0. The molecule has 2 fully saturated rings. The maximum atomic E-state index is 13.1. The fourth-order valence-corrected chi connectivity index (χ4v) is 4.48. The Morgan fingerprint density at radius 1 is 1.04 bits per heavy atom. The molecule has 3 unspecified atom stereocenters. The summed E-state index contributed by atoms with van der Waals surface area (Å²) in [6.07, 6.45) is 2.14. The van der Waals surface area contributed by atoms with Gasteiger partial charge in [-0.25, -0.2) is 0 Å². The monoisotopic (exact) mass is 350 g/mol. The van der Waals surface area contributed by atoms with E-state index in [0.717, 1.165) is 19.4 Å². The van der Waals surface area contributed by atoms with E-state index in [2.05, 4.69) is 58.7 Å². The van der Waals surface area contributed by atoms with Gasteiger partial charge in [0.1, 0.15) is 0 Å². The van der Waals surface area contributed by atoms with Crippen LogP contribution in [-0.2, 0) is 4.79 Å². The predicted molar refractivity (Wildman–Crippen MR) is 102 cm³/mol. The van der Waals surface area contributed by atoms with Crippen LogP contribution in [0.2, 0.25) is 0 Å². The first-order valence-corrected chi connectivity index (χ1v) is 9.56. The van der Waals surface area contributed by atoms with Gasteiger partial charge >= 0.3 is 0 Å². The number of nitrogens with zero attached hydrogens (tertiary/aromatic N) is 1. The lowest BCUT2D eigenvalue weighted by Crippen LogP contribution is -2.47. The summed E-state index contributed by atoms with van der Waals surface area (Å²) in [4.78, 5) is 15.2. The highest BCUT2D eigenvalue weighted by Crippen LogP contribution is 2.37. The van der Waals surface area contributed by atoms with Crippen LogP contribution in [0.1, 0.15) is 36.3 Å². The molecule has 1 amide bonds. The van der Waals surface area contributed by atoms with E-state index in [4.69, 9.17) is 0 Å². The summed E-state index contributed by atoms with van der Waals surface area (Å²) in [5.74, 6) is 0.316. The van der Waals surface area contributed by atoms with Crippen molar-refractivity contribution >= 4 is 5.91 Å². The molecule has 2 heterocycles. The van der Waals surface area contributed by atoms with Gasteiger partial charge in [0.05, 0.1) is 12.1 Å². The quantitative estimate of drug-likeness (QED) is 0.891. The van der Waals surface area contributed by atoms with Crippen LogP contribution in [0.4, 0.5) is 0 Å². The molecule has 4 heteroatoms. The van der Waals surface area contributed by atoms with Gasteiger partial charge in [0.15, 0.2) is 0 Å². The van der Waals surface area contributed by atoms with Gasteiger partial charge in [0.2, 0.25) is 5.91 Å². The number of carbonyl (C=O) groups is 1. The Labute approximate surface area is 154 Å². The molecule has 2 aliphatic heterocycles. The highest BCUT2D eigenvalue weighted by atomic mass is 16.3. The zero-order chi connectivity index (χ0) is 17.9. The predicted octanol–water partition coefficient (Wildman–Crippen LogP) is 2.53. The molecule has 2 aromatic rings. The Hall–Kier alpha value is -2.17. The molecule has 0 aliphatic carbocycles. The summed E-state index contributed by atoms with van der Waals surface area (Å²) in [5.41, 5.74) is 2.51. The molecule has 2 aromatic carbocycles. The first-order chi connectivity index (χ1) is 12.7. The lowest BCUT2D eigenvalue weighted by molar-refractivity contribution is -0.134. The number of aliphatic hydroxyl groups excluding tert-OH is 1. The van der Waals surface area contributed by atoms with Crippen LogP contribution in [0, 0.1) is 0 Å². The van der Waals surface area contributed by atoms with Crippen LogP contribution in [0.5, 0.6) is 0 Å². The number of nitrogens with one attached hydrogen (secondary N) is 1. The van der Waals surface area contributed by atoms with Gasteiger partial charge in [0, 0.05) is 25.0 Å². The number of benzene rings is 2. The molecule has 3 atom stereocenters. The Kier molecular flexibility index (Phi) is 5.05. The summed E-state index contributed by atoms with van der Waals surface area (Å²) in [6.45, 7) is 1.31. The average molecular weight is 350 g/mol. The topological polar surface area (TPSA) is 52.6 Å². The van der Waals surface area contributed by atoms with Crippen molar-refractivity contribution in [3.8, 4) is 0 Å². The van der Waals surface area contributed by atoms with Crippen molar-refractivity contribution in [2.45, 2.75) is 43.4 Å². The normalized spacial score (nSPS) is 25.8. The van der Waals surface area contributed by atoms with Crippen molar-refractivity contribution in [1.29, 1.82) is 0 Å².